The largest absolute Gasteiger partial charge is 0.386 e. The number of benzene rings is 1. The van der Waals surface area contributed by atoms with Gasteiger partial charge in [-0.2, -0.15) is 0 Å². The van der Waals surface area contributed by atoms with E-state index in [1.165, 1.54) is 12.1 Å². The van der Waals surface area contributed by atoms with Gasteiger partial charge in [-0.3, -0.25) is 23.7 Å². The number of rotatable bonds is 3. The summed E-state index contributed by atoms with van der Waals surface area (Å²) in [4.78, 5) is 21.7. The summed E-state index contributed by atoms with van der Waals surface area (Å²) in [7, 11) is -3.01. The van der Waals surface area contributed by atoms with E-state index in [4.69, 9.17) is 10.7 Å². The molecule has 9 heteroatoms. The van der Waals surface area contributed by atoms with Gasteiger partial charge in [-0.05, 0) is 80.5 Å². The second kappa shape index (κ2) is 7.45. The summed E-state index contributed by atoms with van der Waals surface area (Å²) in [5, 5.41) is 2.40. The molecule has 1 aromatic carbocycles. The number of halogens is 1. The van der Waals surface area contributed by atoms with Crippen LogP contribution in [0.1, 0.15) is 54.4 Å². The molecule has 3 heterocycles. The topological polar surface area (TPSA) is 109 Å². The number of thiol groups is 1. The molecule has 0 spiro atoms. The Balaban J connectivity index is 1.75. The molecule has 2 atom stereocenters. The molecule has 1 fully saturated rings. The van der Waals surface area contributed by atoms with Crippen molar-refractivity contribution >= 4 is 27.5 Å². The summed E-state index contributed by atoms with van der Waals surface area (Å²) in [5.74, 6) is -0.627. The van der Waals surface area contributed by atoms with Crippen LogP contribution in [-0.2, 0) is 15.7 Å². The van der Waals surface area contributed by atoms with Gasteiger partial charge in [0, 0.05) is 24.0 Å². The Bertz CT molecular complexity index is 1190. The number of anilines is 1. The smallest absolute Gasteiger partial charge is 0.274 e. The first-order chi connectivity index (χ1) is 14.9. The third-order valence-corrected chi connectivity index (χ3v) is 11.1. The molecule has 2 aromatic rings. The van der Waals surface area contributed by atoms with Crippen LogP contribution in [0.4, 0.5) is 10.1 Å². The molecule has 0 bridgehead atoms. The lowest BCUT2D eigenvalue weighted by atomic mass is 9.85. The molecule has 2 aliphatic heterocycles. The molecule has 32 heavy (non-hydrogen) atoms. The highest BCUT2D eigenvalue weighted by Crippen LogP contribution is 2.49. The molecule has 4 N–H and O–H groups in total. The number of carbonyl (C=O) groups is 1. The number of aromatic nitrogens is 1. The van der Waals surface area contributed by atoms with E-state index in [0.717, 1.165) is 11.1 Å². The molecule has 0 radical (unpaired) electrons. The molecular weight excluding hydrogens is 429 g/mol. The lowest BCUT2D eigenvalue weighted by molar-refractivity contribution is 0.102. The number of aryl methyl sites for hydroxylation is 2. The van der Waals surface area contributed by atoms with E-state index in [2.05, 4.69) is 15.0 Å². The normalized spacial score (nSPS) is 26.7. The van der Waals surface area contributed by atoms with E-state index in [9.17, 15) is 9.00 Å². The van der Waals surface area contributed by atoms with Gasteiger partial charge in [0.15, 0.2) is 0 Å². The lowest BCUT2D eigenvalue weighted by Gasteiger charge is -2.50. The minimum Gasteiger partial charge on any atom is -0.386 e. The minimum atomic E-state index is -3.01. The number of nitrogens with two attached hydrogens (primary N) is 1. The number of pyridine rings is 1. The Labute approximate surface area is 188 Å². The number of aliphatic imine (C=N–C) groups is 1. The zero-order valence-corrected chi connectivity index (χ0v) is 19.9. The van der Waals surface area contributed by atoms with Crippen molar-refractivity contribution < 1.29 is 13.4 Å². The Hall–Kier alpha value is -2.65. The predicted octanol–water partition coefficient (Wildman–Crippen LogP) is 2.75. The highest BCUT2D eigenvalue weighted by Gasteiger charge is 2.58. The highest BCUT2D eigenvalue weighted by molar-refractivity contribution is 8.04. The molecule has 0 unspecified atom stereocenters. The third kappa shape index (κ3) is 3.26. The Morgan fingerprint density at radius 2 is 2.00 bits per heavy atom. The zero-order chi connectivity index (χ0) is 23.5. The number of amidine groups is 1. The zero-order valence-electron chi connectivity index (χ0n) is 19.0. The fourth-order valence-electron chi connectivity index (χ4n) is 4.89. The molecular formula is C23H30FN5O2S. The van der Waals surface area contributed by atoms with Crippen molar-refractivity contribution in [2.75, 3.05) is 11.9 Å². The van der Waals surface area contributed by atoms with E-state index in [1.54, 1.807) is 19.2 Å². The van der Waals surface area contributed by atoms with Crippen molar-refractivity contribution in [3.8, 4) is 0 Å². The first kappa shape index (κ1) is 22.5. The van der Waals surface area contributed by atoms with E-state index in [-0.39, 0.29) is 17.3 Å². The van der Waals surface area contributed by atoms with Gasteiger partial charge >= 0.3 is 0 Å². The summed E-state index contributed by atoms with van der Waals surface area (Å²) < 4.78 is 31.5. The average molecular weight is 460 g/mol. The van der Waals surface area contributed by atoms with Crippen molar-refractivity contribution in [2.45, 2.75) is 56.6 Å². The van der Waals surface area contributed by atoms with Gasteiger partial charge in [0.2, 0.25) is 0 Å². The Kier molecular flexibility index (Phi) is 5.25. The monoisotopic (exact) mass is 459 g/mol. The molecule has 7 nitrogen and oxygen atoms in total. The van der Waals surface area contributed by atoms with Crippen LogP contribution in [0, 0.1) is 19.7 Å². The second-order valence-corrected chi connectivity index (χ2v) is 12.8. The fraction of sp³-hybridized carbons (Fsp3) is 0.435. The van der Waals surface area contributed by atoms with E-state index < -0.39 is 31.5 Å². The van der Waals surface area contributed by atoms with Crippen molar-refractivity contribution in [3.63, 3.8) is 0 Å². The van der Waals surface area contributed by atoms with Crippen molar-refractivity contribution in [3.05, 3.63) is 58.7 Å². The van der Waals surface area contributed by atoms with Crippen LogP contribution >= 0.6 is 0 Å². The molecule has 0 saturated carbocycles. The average Bonchev–Trinajstić information content (AvgIpc) is 3.13. The lowest BCUT2D eigenvalue weighted by Crippen LogP contribution is -2.64. The summed E-state index contributed by atoms with van der Waals surface area (Å²) in [6.45, 7) is 9.69. The number of carbonyl (C=O) groups excluding carboxylic acids is 1. The van der Waals surface area contributed by atoms with Gasteiger partial charge in [-0.25, -0.2) is 4.39 Å². The summed E-state index contributed by atoms with van der Waals surface area (Å²) >= 11 is 0. The highest BCUT2D eigenvalue weighted by atomic mass is 32.3. The maximum absolute atomic E-state index is 15.1. The summed E-state index contributed by atoms with van der Waals surface area (Å²) in [6, 6.07) is 6.24. The second-order valence-electron chi connectivity index (χ2n) is 9.40. The van der Waals surface area contributed by atoms with Gasteiger partial charge in [0.05, 0.1) is 10.00 Å². The number of nitrogens with one attached hydrogen (secondary N) is 2. The number of nitrogens with zero attached hydrogens (tertiary/aromatic N) is 2. The Morgan fingerprint density at radius 1 is 1.28 bits per heavy atom. The van der Waals surface area contributed by atoms with Gasteiger partial charge in [0.25, 0.3) is 5.91 Å². The van der Waals surface area contributed by atoms with E-state index in [0.29, 0.717) is 24.3 Å². The van der Waals surface area contributed by atoms with Crippen molar-refractivity contribution in [2.24, 2.45) is 10.7 Å². The van der Waals surface area contributed by atoms with Crippen LogP contribution in [0.5, 0.6) is 0 Å². The number of fused-ring (bicyclic) bond motifs is 1. The van der Waals surface area contributed by atoms with Crippen molar-refractivity contribution in [1.29, 1.82) is 0 Å². The van der Waals surface area contributed by atoms with Crippen LogP contribution in [0.3, 0.4) is 0 Å². The molecule has 0 aliphatic carbocycles. The van der Waals surface area contributed by atoms with Gasteiger partial charge < -0.3 is 11.1 Å². The quantitative estimate of drug-likeness (QED) is 0.529. The standard InChI is InChI=1S/C23H30FN5O2S/c1-13-10-14(2)19(26-12-13)20(30)28-15-6-7-17(24)16(11-15)23(5)18-8-9-27-32(18,31)22(3,4)21(25)29-23/h6-7,10-12,18,32H,8-9H2,1-5H3,(H2,25,29)(H,27,31)(H,28,30)/t18-,23+/m0/s1. The maximum Gasteiger partial charge on any atom is 0.274 e. The van der Waals surface area contributed by atoms with E-state index >= 15 is 4.39 Å². The molecule has 172 valence electrons. The molecule has 1 saturated heterocycles. The predicted molar refractivity (Wildman–Crippen MR) is 127 cm³/mol. The molecule has 1 aromatic heterocycles. The van der Waals surface area contributed by atoms with E-state index in [1.807, 2.05) is 33.8 Å². The van der Waals surface area contributed by atoms with Gasteiger partial charge in [-0.15, -0.1) is 0 Å². The van der Waals surface area contributed by atoms with Crippen LogP contribution in [0.25, 0.3) is 0 Å². The minimum absolute atomic E-state index is 0.238. The SMILES string of the molecule is Cc1cnc(C(=O)Nc2ccc(F)c([C@@]3(C)N=C(N)C(C)(C)[SH]4(=O)NCC[C@@H]34)c2)c(C)c1. The third-order valence-electron chi connectivity index (χ3n) is 6.86. The maximum atomic E-state index is 15.1. The number of hydrogen-bond acceptors (Lipinski definition) is 5. The summed E-state index contributed by atoms with van der Waals surface area (Å²) in [5.41, 5.74) is 7.84. The van der Waals surface area contributed by atoms with Crippen LogP contribution in [-0.4, -0.2) is 37.5 Å². The first-order valence-electron chi connectivity index (χ1n) is 10.7. The Morgan fingerprint density at radius 3 is 2.69 bits per heavy atom. The first-order valence-corrected chi connectivity index (χ1v) is 12.4. The molecule has 1 amide bonds. The number of amides is 1. The fourth-order valence-corrected chi connectivity index (χ4v) is 8.53. The van der Waals surface area contributed by atoms with Crippen LogP contribution in [0.15, 0.2) is 35.5 Å². The van der Waals surface area contributed by atoms with Gasteiger partial charge in [0.1, 0.15) is 22.9 Å². The summed E-state index contributed by atoms with van der Waals surface area (Å²) in [6.07, 6.45) is 2.22. The number of hydrogen-bond donors (Lipinski definition) is 4. The van der Waals surface area contributed by atoms with Crippen LogP contribution in [0.2, 0.25) is 0 Å². The molecule has 4 rings (SSSR count). The molecule has 2 aliphatic rings. The van der Waals surface area contributed by atoms with Crippen molar-refractivity contribution in [1.82, 2.24) is 9.71 Å². The van der Waals surface area contributed by atoms with Gasteiger partial charge in [-0.1, -0.05) is 6.07 Å². The van der Waals surface area contributed by atoms with Crippen LogP contribution < -0.4 is 15.8 Å².